The van der Waals surface area contributed by atoms with Gasteiger partial charge in [0, 0.05) is 0 Å². The highest BCUT2D eigenvalue weighted by Crippen LogP contribution is 2.12. The van der Waals surface area contributed by atoms with Crippen molar-refractivity contribution in [2.45, 2.75) is 6.61 Å². The Morgan fingerprint density at radius 2 is 2.20 bits per heavy atom. The minimum atomic E-state index is -0.627. The molecule has 0 aliphatic heterocycles. The van der Waals surface area contributed by atoms with E-state index in [1.165, 1.54) is 7.11 Å². The first-order valence-corrected chi connectivity index (χ1v) is 4.35. The zero-order valence-corrected chi connectivity index (χ0v) is 8.65. The molecule has 1 N–H and O–H groups in total. The third kappa shape index (κ3) is 3.86. The summed E-state index contributed by atoms with van der Waals surface area (Å²) in [5, 5.41) is 0. The summed E-state index contributed by atoms with van der Waals surface area (Å²) in [6, 6.07) is 7.35. The Bertz CT molecular complexity index is 327. The zero-order chi connectivity index (χ0) is 11.1. The van der Waals surface area contributed by atoms with Gasteiger partial charge in [-0.25, -0.2) is 4.79 Å². The molecule has 0 spiro atoms. The van der Waals surface area contributed by atoms with E-state index in [-0.39, 0.29) is 6.61 Å². The maximum atomic E-state index is 10.6. The van der Waals surface area contributed by atoms with Crippen molar-refractivity contribution < 1.29 is 19.1 Å². The van der Waals surface area contributed by atoms with Crippen LogP contribution >= 0.6 is 0 Å². The van der Waals surface area contributed by atoms with E-state index in [2.05, 4.69) is 10.2 Å². The molecule has 0 heterocycles. The molecule has 82 valence electrons. The standard InChI is InChI=1S/C10H13NO4/c1-13-9-5-3-4-8(6-9)7-15-11-10(12)14-2/h3-6H,7H2,1-2H3,(H,11,12). The predicted octanol–water partition coefficient (Wildman–Crippen LogP) is 1.48. The molecule has 0 bridgehead atoms. The summed E-state index contributed by atoms with van der Waals surface area (Å²) in [6.45, 7) is 0.256. The molecule has 0 aliphatic rings. The molecule has 0 aromatic heterocycles. The number of rotatable bonds is 4. The fourth-order valence-electron chi connectivity index (χ4n) is 0.982. The van der Waals surface area contributed by atoms with Crippen LogP contribution in [0.4, 0.5) is 4.79 Å². The number of nitrogens with one attached hydrogen (secondary N) is 1. The van der Waals surface area contributed by atoms with E-state index in [9.17, 15) is 4.79 Å². The van der Waals surface area contributed by atoms with Gasteiger partial charge in [0.2, 0.25) is 0 Å². The van der Waals surface area contributed by atoms with Crippen LogP contribution in [0.1, 0.15) is 5.56 Å². The van der Waals surface area contributed by atoms with Crippen molar-refractivity contribution in [3.05, 3.63) is 29.8 Å². The van der Waals surface area contributed by atoms with Crippen LogP contribution < -0.4 is 10.2 Å². The Hall–Kier alpha value is -1.75. The van der Waals surface area contributed by atoms with Gasteiger partial charge in [-0.3, -0.25) is 4.84 Å². The summed E-state index contributed by atoms with van der Waals surface area (Å²) in [5.74, 6) is 0.745. The Balaban J connectivity index is 2.40. The number of carbonyl (C=O) groups excluding carboxylic acids is 1. The SMILES string of the molecule is COC(=O)NOCc1cccc(OC)c1. The first kappa shape index (κ1) is 11.3. The van der Waals surface area contributed by atoms with Crippen molar-refractivity contribution in [2.24, 2.45) is 0 Å². The fraction of sp³-hybridized carbons (Fsp3) is 0.300. The summed E-state index contributed by atoms with van der Waals surface area (Å²) < 4.78 is 9.37. The van der Waals surface area contributed by atoms with Crippen LogP contribution in [0, 0.1) is 0 Å². The molecule has 1 rings (SSSR count). The van der Waals surface area contributed by atoms with Crippen molar-refractivity contribution in [3.8, 4) is 5.75 Å². The van der Waals surface area contributed by atoms with Crippen LogP contribution in [0.2, 0.25) is 0 Å². The highest BCUT2D eigenvalue weighted by molar-refractivity contribution is 5.65. The van der Waals surface area contributed by atoms with Gasteiger partial charge in [-0.2, -0.15) is 5.48 Å². The lowest BCUT2D eigenvalue weighted by atomic mass is 10.2. The van der Waals surface area contributed by atoms with Crippen LogP contribution in [0.25, 0.3) is 0 Å². The second kappa shape index (κ2) is 5.87. The normalized spacial score (nSPS) is 9.47. The molecule has 0 unspecified atom stereocenters. The van der Waals surface area contributed by atoms with Gasteiger partial charge in [-0.1, -0.05) is 12.1 Å². The molecular formula is C10H13NO4. The van der Waals surface area contributed by atoms with Crippen LogP contribution in [-0.2, 0) is 16.2 Å². The number of hydrogen-bond donors (Lipinski definition) is 1. The highest BCUT2D eigenvalue weighted by Gasteiger charge is 1.99. The van der Waals surface area contributed by atoms with Crippen molar-refractivity contribution in [1.82, 2.24) is 5.48 Å². The number of hydroxylamine groups is 1. The molecule has 0 aliphatic carbocycles. The first-order chi connectivity index (χ1) is 7.26. The van der Waals surface area contributed by atoms with E-state index in [1.54, 1.807) is 7.11 Å². The minimum Gasteiger partial charge on any atom is -0.497 e. The molecule has 1 amide bonds. The molecule has 5 nitrogen and oxygen atoms in total. The first-order valence-electron chi connectivity index (χ1n) is 4.35. The quantitative estimate of drug-likeness (QED) is 0.766. The number of ether oxygens (including phenoxy) is 2. The molecule has 1 aromatic rings. The van der Waals surface area contributed by atoms with E-state index in [4.69, 9.17) is 9.57 Å². The Labute approximate surface area is 87.9 Å². The van der Waals surface area contributed by atoms with Crippen molar-refractivity contribution in [1.29, 1.82) is 0 Å². The fourth-order valence-corrected chi connectivity index (χ4v) is 0.982. The van der Waals surface area contributed by atoms with Crippen molar-refractivity contribution in [3.63, 3.8) is 0 Å². The van der Waals surface area contributed by atoms with Gasteiger partial charge in [0.1, 0.15) is 12.4 Å². The maximum Gasteiger partial charge on any atom is 0.431 e. The molecule has 0 saturated carbocycles. The third-order valence-electron chi connectivity index (χ3n) is 1.71. The summed E-state index contributed by atoms with van der Waals surface area (Å²) in [7, 11) is 2.86. The summed E-state index contributed by atoms with van der Waals surface area (Å²) >= 11 is 0. The van der Waals surface area contributed by atoms with Gasteiger partial charge in [0.05, 0.1) is 14.2 Å². The van der Waals surface area contributed by atoms with Crippen molar-refractivity contribution >= 4 is 6.09 Å². The largest absolute Gasteiger partial charge is 0.497 e. The van der Waals surface area contributed by atoms with Crippen LogP contribution in [0.5, 0.6) is 5.75 Å². The second-order valence-electron chi connectivity index (χ2n) is 2.73. The zero-order valence-electron chi connectivity index (χ0n) is 8.65. The molecule has 1 aromatic carbocycles. The molecular weight excluding hydrogens is 198 g/mol. The Morgan fingerprint density at radius 1 is 1.40 bits per heavy atom. The third-order valence-corrected chi connectivity index (χ3v) is 1.71. The molecule has 0 saturated heterocycles. The number of methoxy groups -OCH3 is 2. The Kier molecular flexibility index (Phi) is 4.43. The minimum absolute atomic E-state index is 0.256. The average molecular weight is 211 g/mol. The molecule has 0 radical (unpaired) electrons. The van der Waals surface area contributed by atoms with Gasteiger partial charge in [0.15, 0.2) is 0 Å². The second-order valence-corrected chi connectivity index (χ2v) is 2.73. The summed E-state index contributed by atoms with van der Waals surface area (Å²) in [6.07, 6.45) is -0.627. The number of hydrogen-bond acceptors (Lipinski definition) is 4. The number of benzene rings is 1. The van der Waals surface area contributed by atoms with Crippen LogP contribution in [0.3, 0.4) is 0 Å². The van der Waals surface area contributed by atoms with Gasteiger partial charge in [0.25, 0.3) is 0 Å². The van der Waals surface area contributed by atoms with E-state index in [0.29, 0.717) is 0 Å². The van der Waals surface area contributed by atoms with E-state index < -0.39 is 6.09 Å². The summed E-state index contributed by atoms with van der Waals surface area (Å²) in [4.78, 5) is 15.5. The number of amides is 1. The average Bonchev–Trinajstić information content (AvgIpc) is 2.29. The topological polar surface area (TPSA) is 56.8 Å². The maximum absolute atomic E-state index is 10.6. The lowest BCUT2D eigenvalue weighted by Gasteiger charge is -2.05. The van der Waals surface area contributed by atoms with Gasteiger partial charge in [-0.15, -0.1) is 0 Å². The molecule has 5 heteroatoms. The monoisotopic (exact) mass is 211 g/mol. The lowest BCUT2D eigenvalue weighted by Crippen LogP contribution is -2.23. The van der Waals surface area contributed by atoms with Gasteiger partial charge in [-0.05, 0) is 17.7 Å². The van der Waals surface area contributed by atoms with E-state index in [1.807, 2.05) is 24.3 Å². The lowest BCUT2D eigenvalue weighted by molar-refractivity contribution is 0.0250. The number of carbonyl (C=O) groups is 1. The van der Waals surface area contributed by atoms with Crippen LogP contribution in [-0.4, -0.2) is 20.3 Å². The molecule has 0 atom stereocenters. The summed E-state index contributed by atoms with van der Waals surface area (Å²) in [5.41, 5.74) is 3.01. The van der Waals surface area contributed by atoms with Gasteiger partial charge >= 0.3 is 6.09 Å². The van der Waals surface area contributed by atoms with Gasteiger partial charge < -0.3 is 9.47 Å². The van der Waals surface area contributed by atoms with Crippen molar-refractivity contribution in [2.75, 3.05) is 14.2 Å². The van der Waals surface area contributed by atoms with E-state index >= 15 is 0 Å². The predicted molar refractivity (Wildman–Crippen MR) is 53.3 cm³/mol. The molecule has 0 fully saturated rings. The van der Waals surface area contributed by atoms with E-state index in [0.717, 1.165) is 11.3 Å². The Morgan fingerprint density at radius 3 is 2.87 bits per heavy atom. The van der Waals surface area contributed by atoms with Crippen LogP contribution in [0.15, 0.2) is 24.3 Å². The smallest absolute Gasteiger partial charge is 0.431 e. The molecule has 15 heavy (non-hydrogen) atoms. The highest BCUT2D eigenvalue weighted by atomic mass is 16.7.